The summed E-state index contributed by atoms with van der Waals surface area (Å²) in [5.41, 5.74) is 9.68. The third-order valence-electron chi connectivity index (χ3n) is 3.30. The quantitative estimate of drug-likeness (QED) is 0.797. The van der Waals surface area contributed by atoms with Crippen LogP contribution in [-0.2, 0) is 6.54 Å². The second-order valence-corrected chi connectivity index (χ2v) is 4.74. The molecule has 0 aliphatic heterocycles. The van der Waals surface area contributed by atoms with E-state index in [1.54, 1.807) is 31.8 Å². The molecule has 2 aromatic heterocycles. The summed E-state index contributed by atoms with van der Waals surface area (Å²) in [4.78, 5) is 4.10. The van der Waals surface area contributed by atoms with Crippen LogP contribution in [0.4, 0.5) is 5.69 Å². The van der Waals surface area contributed by atoms with Crippen molar-refractivity contribution in [2.45, 2.75) is 6.54 Å². The smallest absolute Gasteiger partial charge is 0.118 e. The summed E-state index contributed by atoms with van der Waals surface area (Å²) >= 11 is 0. The Balaban J connectivity index is 1.80. The second kappa shape index (κ2) is 5.66. The standard InChI is InChI=1S/C16H16N4O/c1-21-14-4-2-12(3-5-14)10-20-11-13(8-19-20)15-9-18-7-6-16(15)17/h2-9,11H,10H2,1H3,(H2,17,18). The number of pyridine rings is 1. The Bertz CT molecular complexity index is 734. The van der Waals surface area contributed by atoms with Crippen LogP contribution in [0.1, 0.15) is 5.56 Å². The first kappa shape index (κ1) is 13.2. The molecule has 0 radical (unpaired) electrons. The van der Waals surface area contributed by atoms with Crippen molar-refractivity contribution in [3.63, 3.8) is 0 Å². The van der Waals surface area contributed by atoms with E-state index in [2.05, 4.69) is 10.1 Å². The summed E-state index contributed by atoms with van der Waals surface area (Å²) in [6, 6.07) is 9.73. The number of rotatable bonds is 4. The van der Waals surface area contributed by atoms with E-state index < -0.39 is 0 Å². The van der Waals surface area contributed by atoms with Gasteiger partial charge in [-0.1, -0.05) is 12.1 Å². The number of hydrogen-bond acceptors (Lipinski definition) is 4. The molecule has 0 atom stereocenters. The van der Waals surface area contributed by atoms with Gasteiger partial charge in [-0.15, -0.1) is 0 Å². The minimum atomic E-state index is 0.699. The highest BCUT2D eigenvalue weighted by Gasteiger charge is 2.06. The first-order valence-electron chi connectivity index (χ1n) is 6.61. The average Bonchev–Trinajstić information content (AvgIpc) is 2.97. The number of nitrogens with two attached hydrogens (primary N) is 1. The maximum atomic E-state index is 5.96. The monoisotopic (exact) mass is 280 g/mol. The molecule has 0 aliphatic rings. The number of nitrogens with zero attached hydrogens (tertiary/aromatic N) is 3. The van der Waals surface area contributed by atoms with Crippen molar-refractivity contribution in [1.82, 2.24) is 14.8 Å². The normalized spacial score (nSPS) is 10.5. The van der Waals surface area contributed by atoms with Crippen molar-refractivity contribution >= 4 is 5.69 Å². The van der Waals surface area contributed by atoms with Gasteiger partial charge in [0.05, 0.1) is 19.9 Å². The summed E-state index contributed by atoms with van der Waals surface area (Å²) < 4.78 is 7.03. The molecule has 5 heteroatoms. The molecule has 2 N–H and O–H groups in total. The van der Waals surface area contributed by atoms with Crippen molar-refractivity contribution in [1.29, 1.82) is 0 Å². The molecule has 0 saturated heterocycles. The van der Waals surface area contributed by atoms with Crippen LogP contribution in [0.3, 0.4) is 0 Å². The number of aromatic nitrogens is 3. The fourth-order valence-electron chi connectivity index (χ4n) is 2.15. The van der Waals surface area contributed by atoms with Crippen LogP contribution in [0, 0.1) is 0 Å². The Morgan fingerprint density at radius 3 is 2.67 bits per heavy atom. The molecule has 2 heterocycles. The lowest BCUT2D eigenvalue weighted by Gasteiger charge is -2.04. The van der Waals surface area contributed by atoms with Crippen LogP contribution in [0.2, 0.25) is 0 Å². The second-order valence-electron chi connectivity index (χ2n) is 4.74. The van der Waals surface area contributed by atoms with E-state index in [1.807, 2.05) is 35.1 Å². The Morgan fingerprint density at radius 2 is 1.95 bits per heavy atom. The Kier molecular flexibility index (Phi) is 3.55. The lowest BCUT2D eigenvalue weighted by Crippen LogP contribution is -1.99. The third-order valence-corrected chi connectivity index (χ3v) is 3.30. The minimum absolute atomic E-state index is 0.699. The molecule has 0 fully saturated rings. The Labute approximate surface area is 123 Å². The number of methoxy groups -OCH3 is 1. The Morgan fingerprint density at radius 1 is 1.14 bits per heavy atom. The number of benzene rings is 1. The number of nitrogen functional groups attached to an aromatic ring is 1. The molecule has 21 heavy (non-hydrogen) atoms. The van der Waals surface area contributed by atoms with Crippen LogP contribution in [-0.4, -0.2) is 21.9 Å². The van der Waals surface area contributed by atoms with E-state index in [9.17, 15) is 0 Å². The predicted octanol–water partition coefficient (Wildman–Crippen LogP) is 2.58. The van der Waals surface area contributed by atoms with E-state index in [1.165, 1.54) is 0 Å². The highest BCUT2D eigenvalue weighted by Crippen LogP contribution is 2.24. The molecular formula is C16H16N4O. The summed E-state index contributed by atoms with van der Waals surface area (Å²) in [6.45, 7) is 0.699. The van der Waals surface area contributed by atoms with Crippen molar-refractivity contribution in [2.24, 2.45) is 0 Å². The zero-order valence-electron chi connectivity index (χ0n) is 11.7. The fourth-order valence-corrected chi connectivity index (χ4v) is 2.15. The zero-order chi connectivity index (χ0) is 14.7. The topological polar surface area (TPSA) is 66.0 Å². The molecule has 3 aromatic rings. The van der Waals surface area contributed by atoms with E-state index in [-0.39, 0.29) is 0 Å². The van der Waals surface area contributed by atoms with Gasteiger partial charge in [0, 0.05) is 35.4 Å². The molecule has 0 aliphatic carbocycles. The van der Waals surface area contributed by atoms with Crippen molar-refractivity contribution in [3.05, 3.63) is 60.7 Å². The summed E-state index contributed by atoms with van der Waals surface area (Å²) in [7, 11) is 1.66. The molecule has 3 rings (SSSR count). The van der Waals surface area contributed by atoms with Gasteiger partial charge in [-0.3, -0.25) is 9.67 Å². The maximum Gasteiger partial charge on any atom is 0.118 e. The zero-order valence-corrected chi connectivity index (χ0v) is 11.7. The van der Waals surface area contributed by atoms with Crippen LogP contribution in [0.5, 0.6) is 5.75 Å². The molecule has 0 bridgehead atoms. The Hall–Kier alpha value is -2.82. The summed E-state index contributed by atoms with van der Waals surface area (Å²) in [5.74, 6) is 0.850. The molecule has 0 saturated carbocycles. The van der Waals surface area contributed by atoms with Gasteiger partial charge in [-0.2, -0.15) is 5.10 Å². The summed E-state index contributed by atoms with van der Waals surface area (Å²) in [5, 5.41) is 4.37. The largest absolute Gasteiger partial charge is 0.497 e. The summed E-state index contributed by atoms with van der Waals surface area (Å²) in [6.07, 6.45) is 7.21. The van der Waals surface area contributed by atoms with Gasteiger partial charge >= 0.3 is 0 Å². The first-order valence-corrected chi connectivity index (χ1v) is 6.61. The van der Waals surface area contributed by atoms with E-state index in [0.717, 1.165) is 22.4 Å². The number of hydrogen-bond donors (Lipinski definition) is 1. The minimum Gasteiger partial charge on any atom is -0.497 e. The van der Waals surface area contributed by atoms with Crippen LogP contribution in [0.25, 0.3) is 11.1 Å². The molecular weight excluding hydrogens is 264 g/mol. The highest BCUT2D eigenvalue weighted by atomic mass is 16.5. The van der Waals surface area contributed by atoms with E-state index in [4.69, 9.17) is 10.5 Å². The van der Waals surface area contributed by atoms with Gasteiger partial charge in [0.2, 0.25) is 0 Å². The molecule has 5 nitrogen and oxygen atoms in total. The molecule has 106 valence electrons. The van der Waals surface area contributed by atoms with E-state index in [0.29, 0.717) is 12.2 Å². The van der Waals surface area contributed by atoms with Gasteiger partial charge in [0.25, 0.3) is 0 Å². The number of anilines is 1. The van der Waals surface area contributed by atoms with Crippen LogP contribution in [0.15, 0.2) is 55.1 Å². The fraction of sp³-hybridized carbons (Fsp3) is 0.125. The van der Waals surface area contributed by atoms with Crippen molar-refractivity contribution in [2.75, 3.05) is 12.8 Å². The lowest BCUT2D eigenvalue weighted by atomic mass is 10.1. The van der Waals surface area contributed by atoms with Crippen LogP contribution >= 0.6 is 0 Å². The average molecular weight is 280 g/mol. The van der Waals surface area contributed by atoms with Crippen molar-refractivity contribution < 1.29 is 4.74 Å². The maximum absolute atomic E-state index is 5.96. The molecule has 0 spiro atoms. The molecule has 1 aromatic carbocycles. The SMILES string of the molecule is COc1ccc(Cn2cc(-c3cnccc3N)cn2)cc1. The highest BCUT2D eigenvalue weighted by molar-refractivity contribution is 5.74. The third kappa shape index (κ3) is 2.86. The van der Waals surface area contributed by atoms with Gasteiger partial charge in [0.1, 0.15) is 5.75 Å². The van der Waals surface area contributed by atoms with Crippen LogP contribution < -0.4 is 10.5 Å². The predicted molar refractivity (Wildman–Crippen MR) is 82.0 cm³/mol. The number of ether oxygens (including phenoxy) is 1. The van der Waals surface area contributed by atoms with E-state index >= 15 is 0 Å². The van der Waals surface area contributed by atoms with Crippen molar-refractivity contribution in [3.8, 4) is 16.9 Å². The molecule has 0 amide bonds. The first-order chi connectivity index (χ1) is 10.3. The lowest BCUT2D eigenvalue weighted by molar-refractivity contribution is 0.414. The molecule has 0 unspecified atom stereocenters. The van der Waals surface area contributed by atoms with Gasteiger partial charge in [-0.05, 0) is 23.8 Å². The van der Waals surface area contributed by atoms with Gasteiger partial charge < -0.3 is 10.5 Å². The van der Waals surface area contributed by atoms with Gasteiger partial charge in [0.15, 0.2) is 0 Å². The van der Waals surface area contributed by atoms with Gasteiger partial charge in [-0.25, -0.2) is 0 Å².